The Morgan fingerprint density at radius 1 is 1.12 bits per heavy atom. The van der Waals surface area contributed by atoms with E-state index in [2.05, 4.69) is 17.5 Å². The van der Waals surface area contributed by atoms with Crippen LogP contribution in [0.2, 0.25) is 0 Å². The Labute approximate surface area is 142 Å². The summed E-state index contributed by atoms with van der Waals surface area (Å²) in [5, 5.41) is 3.08. The molecule has 24 heavy (non-hydrogen) atoms. The number of benzene rings is 1. The monoisotopic (exact) mass is 324 g/mol. The number of amides is 2. The molecule has 1 aliphatic heterocycles. The van der Waals surface area contributed by atoms with Crippen molar-refractivity contribution in [3.05, 3.63) is 41.5 Å². The normalized spacial score (nSPS) is 27.7. The largest absolute Gasteiger partial charge is 0.339 e. The molecule has 126 valence electrons. The van der Waals surface area contributed by atoms with E-state index in [1.807, 2.05) is 30.0 Å². The van der Waals surface area contributed by atoms with E-state index in [0.29, 0.717) is 17.4 Å². The van der Waals surface area contributed by atoms with Crippen LogP contribution < -0.4 is 5.32 Å². The number of nitrogens with zero attached hydrogens (tertiary/aromatic N) is 1. The van der Waals surface area contributed by atoms with Crippen LogP contribution >= 0.6 is 0 Å². The average molecular weight is 324 g/mol. The first-order valence-corrected chi connectivity index (χ1v) is 9.01. The number of hydrogen-bond acceptors (Lipinski definition) is 2. The Bertz CT molecular complexity index is 704. The number of carbonyl (C=O) groups excluding carboxylic acids is 2. The van der Waals surface area contributed by atoms with E-state index in [0.717, 1.165) is 50.0 Å². The van der Waals surface area contributed by atoms with Gasteiger partial charge in [0.15, 0.2) is 0 Å². The van der Waals surface area contributed by atoms with Gasteiger partial charge in [-0.05, 0) is 62.1 Å². The standard InChI is InChI=1S/C20H24N2O2/c1-13-16(20(24)22-9-2-3-10-22)5-4-6-18(13)21-19(23)17-12-14-7-8-15(17)11-14/h4-8,14-15,17H,2-3,9-12H2,1H3,(H,21,23). The van der Waals surface area contributed by atoms with E-state index in [9.17, 15) is 9.59 Å². The molecule has 1 saturated heterocycles. The molecule has 1 aromatic carbocycles. The Hall–Kier alpha value is -2.10. The van der Waals surface area contributed by atoms with Gasteiger partial charge in [-0.1, -0.05) is 18.2 Å². The van der Waals surface area contributed by atoms with Crippen LogP contribution in [-0.2, 0) is 4.79 Å². The second kappa shape index (κ2) is 6.08. The zero-order valence-electron chi connectivity index (χ0n) is 14.1. The van der Waals surface area contributed by atoms with Crippen molar-refractivity contribution in [2.75, 3.05) is 18.4 Å². The third-order valence-corrected chi connectivity index (χ3v) is 5.83. The summed E-state index contributed by atoms with van der Waals surface area (Å²) in [6.07, 6.45) is 8.68. The van der Waals surface area contributed by atoms with Gasteiger partial charge in [0.1, 0.15) is 0 Å². The molecule has 4 rings (SSSR count). The summed E-state index contributed by atoms with van der Waals surface area (Å²) in [4.78, 5) is 27.2. The van der Waals surface area contributed by atoms with Gasteiger partial charge in [0.05, 0.1) is 0 Å². The number of hydrogen-bond donors (Lipinski definition) is 1. The summed E-state index contributed by atoms with van der Waals surface area (Å²) in [5.41, 5.74) is 2.36. The van der Waals surface area contributed by atoms with Crippen molar-refractivity contribution in [3.8, 4) is 0 Å². The van der Waals surface area contributed by atoms with Gasteiger partial charge in [0.2, 0.25) is 5.91 Å². The number of likely N-dealkylation sites (tertiary alicyclic amines) is 1. The molecule has 0 radical (unpaired) electrons. The van der Waals surface area contributed by atoms with Crippen LogP contribution in [0, 0.1) is 24.7 Å². The van der Waals surface area contributed by atoms with E-state index in [1.165, 1.54) is 0 Å². The number of allylic oxidation sites excluding steroid dienone is 2. The number of nitrogens with one attached hydrogen (secondary N) is 1. The third-order valence-electron chi connectivity index (χ3n) is 5.83. The minimum atomic E-state index is 0.0809. The zero-order valence-corrected chi connectivity index (χ0v) is 14.1. The van der Waals surface area contributed by atoms with Gasteiger partial charge in [-0.25, -0.2) is 0 Å². The summed E-state index contributed by atoms with van der Waals surface area (Å²) in [7, 11) is 0. The molecule has 2 bridgehead atoms. The minimum absolute atomic E-state index is 0.0809. The highest BCUT2D eigenvalue weighted by atomic mass is 16.2. The Balaban J connectivity index is 1.51. The van der Waals surface area contributed by atoms with E-state index in [-0.39, 0.29) is 17.7 Å². The lowest BCUT2D eigenvalue weighted by Gasteiger charge is -2.21. The van der Waals surface area contributed by atoms with Crippen molar-refractivity contribution in [1.82, 2.24) is 4.90 Å². The van der Waals surface area contributed by atoms with Crippen molar-refractivity contribution in [3.63, 3.8) is 0 Å². The van der Waals surface area contributed by atoms with Crippen molar-refractivity contribution >= 4 is 17.5 Å². The van der Waals surface area contributed by atoms with Gasteiger partial charge in [-0.2, -0.15) is 0 Å². The molecule has 4 nitrogen and oxygen atoms in total. The van der Waals surface area contributed by atoms with Crippen LogP contribution in [0.1, 0.15) is 41.6 Å². The molecule has 1 N–H and O–H groups in total. The third kappa shape index (κ3) is 2.64. The molecule has 2 amide bonds. The minimum Gasteiger partial charge on any atom is -0.339 e. The van der Waals surface area contributed by atoms with E-state index in [4.69, 9.17) is 0 Å². The summed E-state index contributed by atoms with van der Waals surface area (Å²) in [6.45, 7) is 3.61. The van der Waals surface area contributed by atoms with Crippen molar-refractivity contribution in [2.45, 2.75) is 32.6 Å². The lowest BCUT2D eigenvalue weighted by atomic mass is 9.92. The van der Waals surface area contributed by atoms with Crippen LogP contribution in [0.5, 0.6) is 0 Å². The molecule has 2 aliphatic carbocycles. The van der Waals surface area contributed by atoms with E-state index < -0.39 is 0 Å². The molecule has 3 atom stereocenters. The Morgan fingerprint density at radius 3 is 2.58 bits per heavy atom. The van der Waals surface area contributed by atoms with Gasteiger partial charge in [-0.15, -0.1) is 0 Å². The molecule has 0 aromatic heterocycles. The molecule has 2 fully saturated rings. The first-order valence-electron chi connectivity index (χ1n) is 9.01. The fourth-order valence-corrected chi connectivity index (χ4v) is 4.40. The maximum absolute atomic E-state index is 12.7. The number of fused-ring (bicyclic) bond motifs is 2. The first kappa shape index (κ1) is 15.4. The Morgan fingerprint density at radius 2 is 1.92 bits per heavy atom. The molecule has 1 aromatic rings. The van der Waals surface area contributed by atoms with Crippen LogP contribution in [0.4, 0.5) is 5.69 Å². The topological polar surface area (TPSA) is 49.4 Å². The molecule has 1 saturated carbocycles. The lowest BCUT2D eigenvalue weighted by molar-refractivity contribution is -0.120. The van der Waals surface area contributed by atoms with E-state index >= 15 is 0 Å². The molecule has 4 heteroatoms. The van der Waals surface area contributed by atoms with Crippen molar-refractivity contribution in [2.24, 2.45) is 17.8 Å². The molecule has 1 heterocycles. The van der Waals surface area contributed by atoms with Crippen molar-refractivity contribution in [1.29, 1.82) is 0 Å². The van der Waals surface area contributed by atoms with Crippen LogP contribution in [0.25, 0.3) is 0 Å². The predicted molar refractivity (Wildman–Crippen MR) is 93.8 cm³/mol. The first-order chi connectivity index (χ1) is 11.6. The highest BCUT2D eigenvalue weighted by molar-refractivity contribution is 6.00. The zero-order chi connectivity index (χ0) is 16.7. The Kier molecular flexibility index (Phi) is 3.91. The maximum Gasteiger partial charge on any atom is 0.254 e. The molecule has 3 aliphatic rings. The highest BCUT2D eigenvalue weighted by Crippen LogP contribution is 2.43. The second-order valence-corrected chi connectivity index (χ2v) is 7.35. The van der Waals surface area contributed by atoms with Gasteiger partial charge in [-0.3, -0.25) is 9.59 Å². The summed E-state index contributed by atoms with van der Waals surface area (Å²) >= 11 is 0. The fourth-order valence-electron chi connectivity index (χ4n) is 4.40. The van der Waals surface area contributed by atoms with Crippen molar-refractivity contribution < 1.29 is 9.59 Å². The number of rotatable bonds is 3. The van der Waals surface area contributed by atoms with Gasteiger partial charge in [0.25, 0.3) is 5.91 Å². The van der Waals surface area contributed by atoms with Crippen LogP contribution in [-0.4, -0.2) is 29.8 Å². The molecule has 3 unspecified atom stereocenters. The number of carbonyl (C=O) groups is 2. The molecule has 0 spiro atoms. The van der Waals surface area contributed by atoms with E-state index in [1.54, 1.807) is 0 Å². The van der Waals surface area contributed by atoms with Crippen LogP contribution in [0.15, 0.2) is 30.4 Å². The predicted octanol–water partition coefficient (Wildman–Crippen LogP) is 3.38. The summed E-state index contributed by atoms with van der Waals surface area (Å²) < 4.78 is 0. The highest BCUT2D eigenvalue weighted by Gasteiger charge is 2.39. The van der Waals surface area contributed by atoms with Gasteiger partial charge in [0, 0.05) is 30.3 Å². The second-order valence-electron chi connectivity index (χ2n) is 7.35. The lowest BCUT2D eigenvalue weighted by Crippen LogP contribution is -2.29. The fraction of sp³-hybridized carbons (Fsp3) is 0.500. The van der Waals surface area contributed by atoms with Gasteiger partial charge < -0.3 is 10.2 Å². The molecular formula is C20H24N2O2. The van der Waals surface area contributed by atoms with Gasteiger partial charge >= 0.3 is 0 Å². The maximum atomic E-state index is 12.7. The average Bonchev–Trinajstić information content (AvgIpc) is 3.33. The quantitative estimate of drug-likeness (QED) is 0.867. The SMILES string of the molecule is Cc1c(NC(=O)C2CC3C=CC2C3)cccc1C(=O)N1CCCC1. The smallest absolute Gasteiger partial charge is 0.254 e. The number of anilines is 1. The summed E-state index contributed by atoms with van der Waals surface area (Å²) in [5.74, 6) is 1.24. The van der Waals surface area contributed by atoms with Crippen LogP contribution in [0.3, 0.4) is 0 Å². The molecular weight excluding hydrogens is 300 g/mol. The summed E-state index contributed by atoms with van der Waals surface area (Å²) in [6, 6.07) is 5.63.